The molecule has 1 amide bonds. The predicted octanol–water partition coefficient (Wildman–Crippen LogP) is 1.69. The standard InChI is InChI=1S/C16H18N2O6/c19-14(9-24-13-5-3-12(4-6-13)18(22)23)17-8-11-2-1-7-16(11,10-17)15(20)21/h3-6,11H,1-2,7-10H2,(H,20,21)/t11-,16+/m0/s1. The van der Waals surface area contributed by atoms with Gasteiger partial charge in [0.05, 0.1) is 10.3 Å². The fourth-order valence-electron chi connectivity index (χ4n) is 3.73. The highest BCUT2D eigenvalue weighted by molar-refractivity contribution is 5.82. The molecular formula is C16H18N2O6. The summed E-state index contributed by atoms with van der Waals surface area (Å²) in [5.74, 6) is -0.709. The van der Waals surface area contributed by atoms with Crippen LogP contribution in [0.5, 0.6) is 5.75 Å². The molecule has 0 bridgehead atoms. The van der Waals surface area contributed by atoms with Crippen LogP contribution in [0, 0.1) is 21.4 Å². The van der Waals surface area contributed by atoms with Crippen LogP contribution in [-0.2, 0) is 9.59 Å². The zero-order valence-electron chi connectivity index (χ0n) is 13.0. The van der Waals surface area contributed by atoms with Crippen LogP contribution in [0.25, 0.3) is 0 Å². The predicted molar refractivity (Wildman–Crippen MR) is 82.6 cm³/mol. The SMILES string of the molecule is O=C(COc1ccc([N+](=O)[O-])cc1)N1C[C@@H]2CCC[C@@]2(C(=O)O)C1. The normalized spacial score (nSPS) is 25.3. The first kappa shape index (κ1) is 16.2. The first-order valence-corrected chi connectivity index (χ1v) is 7.81. The van der Waals surface area contributed by atoms with E-state index in [9.17, 15) is 24.8 Å². The monoisotopic (exact) mass is 334 g/mol. The number of hydrogen-bond donors (Lipinski definition) is 1. The van der Waals surface area contributed by atoms with E-state index in [4.69, 9.17) is 4.74 Å². The van der Waals surface area contributed by atoms with Gasteiger partial charge in [-0.2, -0.15) is 0 Å². The Morgan fingerprint density at radius 1 is 1.38 bits per heavy atom. The molecule has 8 heteroatoms. The summed E-state index contributed by atoms with van der Waals surface area (Å²) in [6, 6.07) is 5.48. The summed E-state index contributed by atoms with van der Waals surface area (Å²) in [6.07, 6.45) is 2.33. The largest absolute Gasteiger partial charge is 0.484 e. The van der Waals surface area contributed by atoms with Crippen molar-refractivity contribution in [2.75, 3.05) is 19.7 Å². The molecule has 0 unspecified atom stereocenters. The molecule has 2 fully saturated rings. The lowest BCUT2D eigenvalue weighted by atomic mass is 9.81. The Labute approximate surface area is 138 Å². The van der Waals surface area contributed by atoms with Crippen LogP contribution in [0.15, 0.2) is 24.3 Å². The van der Waals surface area contributed by atoms with E-state index in [0.717, 1.165) is 12.8 Å². The van der Waals surface area contributed by atoms with Gasteiger partial charge >= 0.3 is 5.97 Å². The van der Waals surface area contributed by atoms with Gasteiger partial charge in [0.2, 0.25) is 0 Å². The minimum absolute atomic E-state index is 0.0123. The maximum atomic E-state index is 12.3. The molecule has 0 spiro atoms. The summed E-state index contributed by atoms with van der Waals surface area (Å²) in [5.41, 5.74) is -0.854. The number of benzene rings is 1. The van der Waals surface area contributed by atoms with Crippen LogP contribution in [0.2, 0.25) is 0 Å². The Bertz CT molecular complexity index is 674. The molecule has 2 atom stereocenters. The first-order chi connectivity index (χ1) is 11.4. The number of aliphatic carboxylic acids is 1. The number of rotatable bonds is 5. The topological polar surface area (TPSA) is 110 Å². The van der Waals surface area contributed by atoms with Gasteiger partial charge in [-0.05, 0) is 30.9 Å². The van der Waals surface area contributed by atoms with Gasteiger partial charge in [-0.1, -0.05) is 6.42 Å². The second kappa shape index (κ2) is 6.10. The molecule has 8 nitrogen and oxygen atoms in total. The number of carbonyl (C=O) groups is 2. The summed E-state index contributed by atoms with van der Waals surface area (Å²) in [4.78, 5) is 35.5. The van der Waals surface area contributed by atoms with Gasteiger partial charge in [-0.25, -0.2) is 0 Å². The quantitative estimate of drug-likeness (QED) is 0.648. The Morgan fingerprint density at radius 3 is 2.67 bits per heavy atom. The number of nitro groups is 1. The third-order valence-corrected chi connectivity index (χ3v) is 5.06. The maximum absolute atomic E-state index is 12.3. The molecule has 1 aliphatic heterocycles. The molecule has 1 saturated heterocycles. The summed E-state index contributed by atoms with van der Waals surface area (Å²) in [7, 11) is 0. The van der Waals surface area contributed by atoms with Crippen molar-refractivity contribution < 1.29 is 24.4 Å². The minimum atomic E-state index is -0.823. The molecule has 1 aliphatic carbocycles. The van der Waals surface area contributed by atoms with Crippen LogP contribution < -0.4 is 4.74 Å². The first-order valence-electron chi connectivity index (χ1n) is 7.81. The molecule has 128 valence electrons. The lowest BCUT2D eigenvalue weighted by Gasteiger charge is -2.23. The highest BCUT2D eigenvalue weighted by atomic mass is 16.6. The summed E-state index contributed by atoms with van der Waals surface area (Å²) < 4.78 is 5.37. The van der Waals surface area contributed by atoms with Crippen molar-refractivity contribution in [3.63, 3.8) is 0 Å². The van der Waals surface area contributed by atoms with Crippen LogP contribution in [-0.4, -0.2) is 46.5 Å². The number of fused-ring (bicyclic) bond motifs is 1. The molecule has 0 aromatic heterocycles. The second-order valence-corrected chi connectivity index (χ2v) is 6.36. The van der Waals surface area contributed by atoms with E-state index >= 15 is 0 Å². The van der Waals surface area contributed by atoms with Crippen LogP contribution in [0.1, 0.15) is 19.3 Å². The number of carboxylic acids is 1. The molecule has 1 aromatic carbocycles. The number of ether oxygens (including phenoxy) is 1. The molecule has 1 aromatic rings. The fourth-order valence-corrected chi connectivity index (χ4v) is 3.73. The van der Waals surface area contributed by atoms with Crippen molar-refractivity contribution in [3.8, 4) is 5.75 Å². The van der Waals surface area contributed by atoms with Gasteiger partial charge < -0.3 is 14.7 Å². The fraction of sp³-hybridized carbons (Fsp3) is 0.500. The molecule has 1 saturated carbocycles. The number of carbonyl (C=O) groups excluding carboxylic acids is 1. The van der Waals surface area contributed by atoms with Crippen molar-refractivity contribution in [1.29, 1.82) is 0 Å². The molecule has 3 rings (SSSR count). The van der Waals surface area contributed by atoms with Crippen molar-refractivity contribution in [2.45, 2.75) is 19.3 Å². The number of non-ortho nitro benzene ring substituents is 1. The Balaban J connectivity index is 1.58. The van der Waals surface area contributed by atoms with E-state index in [1.54, 1.807) is 4.90 Å². The van der Waals surface area contributed by atoms with E-state index in [0.29, 0.717) is 18.7 Å². The maximum Gasteiger partial charge on any atom is 0.311 e. The van der Waals surface area contributed by atoms with Gasteiger partial charge in [0.15, 0.2) is 6.61 Å². The van der Waals surface area contributed by atoms with E-state index in [1.165, 1.54) is 24.3 Å². The Hall–Kier alpha value is -2.64. The third kappa shape index (κ3) is 2.79. The molecule has 0 radical (unpaired) electrons. The third-order valence-electron chi connectivity index (χ3n) is 5.06. The number of nitro benzene ring substituents is 1. The average molecular weight is 334 g/mol. The average Bonchev–Trinajstić information content (AvgIpc) is 3.11. The lowest BCUT2D eigenvalue weighted by molar-refractivity contribution is -0.384. The Morgan fingerprint density at radius 2 is 2.08 bits per heavy atom. The van der Waals surface area contributed by atoms with E-state index < -0.39 is 16.3 Å². The van der Waals surface area contributed by atoms with E-state index in [-0.39, 0.29) is 30.7 Å². The second-order valence-electron chi connectivity index (χ2n) is 6.36. The summed E-state index contributed by atoms with van der Waals surface area (Å²) >= 11 is 0. The van der Waals surface area contributed by atoms with Crippen molar-refractivity contribution in [2.24, 2.45) is 11.3 Å². The summed E-state index contributed by atoms with van der Waals surface area (Å²) in [6.45, 7) is 0.477. The van der Waals surface area contributed by atoms with Gasteiger partial charge in [0.25, 0.3) is 11.6 Å². The minimum Gasteiger partial charge on any atom is -0.484 e. The van der Waals surface area contributed by atoms with Gasteiger partial charge in [-0.3, -0.25) is 19.7 Å². The molecule has 1 heterocycles. The highest BCUT2D eigenvalue weighted by Gasteiger charge is 2.55. The number of amides is 1. The van der Waals surface area contributed by atoms with Gasteiger partial charge in [0.1, 0.15) is 5.75 Å². The molecule has 24 heavy (non-hydrogen) atoms. The molecule has 1 N–H and O–H groups in total. The zero-order chi connectivity index (χ0) is 17.3. The van der Waals surface area contributed by atoms with Crippen LogP contribution in [0.3, 0.4) is 0 Å². The van der Waals surface area contributed by atoms with Crippen LogP contribution in [0.4, 0.5) is 5.69 Å². The van der Waals surface area contributed by atoms with Crippen molar-refractivity contribution >= 4 is 17.6 Å². The number of likely N-dealkylation sites (tertiary alicyclic amines) is 1. The van der Waals surface area contributed by atoms with Gasteiger partial charge in [0, 0.05) is 25.2 Å². The molecule has 2 aliphatic rings. The van der Waals surface area contributed by atoms with Crippen molar-refractivity contribution in [1.82, 2.24) is 4.90 Å². The van der Waals surface area contributed by atoms with Crippen LogP contribution >= 0.6 is 0 Å². The number of nitrogens with zero attached hydrogens (tertiary/aromatic N) is 2. The molecular weight excluding hydrogens is 316 g/mol. The summed E-state index contributed by atoms with van der Waals surface area (Å²) in [5, 5.41) is 20.1. The number of hydrogen-bond acceptors (Lipinski definition) is 5. The van der Waals surface area contributed by atoms with Crippen molar-refractivity contribution in [3.05, 3.63) is 34.4 Å². The highest BCUT2D eigenvalue weighted by Crippen LogP contribution is 2.48. The lowest BCUT2D eigenvalue weighted by Crippen LogP contribution is -2.38. The Kier molecular flexibility index (Phi) is 4.13. The van der Waals surface area contributed by atoms with Gasteiger partial charge in [-0.15, -0.1) is 0 Å². The number of carboxylic acid groups (broad SMARTS) is 1. The van der Waals surface area contributed by atoms with E-state index in [1.807, 2.05) is 0 Å². The zero-order valence-corrected chi connectivity index (χ0v) is 13.0. The van der Waals surface area contributed by atoms with E-state index in [2.05, 4.69) is 0 Å². The smallest absolute Gasteiger partial charge is 0.311 e.